The Balaban J connectivity index is 0.00000312. The Morgan fingerprint density at radius 2 is 1.84 bits per heavy atom. The fourth-order valence-electron chi connectivity index (χ4n) is 2.80. The minimum atomic E-state index is -0.594. The van der Waals surface area contributed by atoms with Gasteiger partial charge in [-0.05, 0) is 31.3 Å². The molecule has 0 aliphatic carbocycles. The lowest BCUT2D eigenvalue weighted by Crippen LogP contribution is -2.43. The molecule has 1 aromatic rings. The van der Waals surface area contributed by atoms with Crippen LogP contribution in [0.1, 0.15) is 30.1 Å². The Hall–Kier alpha value is -2.06. The van der Waals surface area contributed by atoms with E-state index in [2.05, 4.69) is 17.6 Å². The van der Waals surface area contributed by atoms with E-state index in [0.717, 1.165) is 25.9 Å². The van der Waals surface area contributed by atoms with Crippen LogP contribution < -0.4 is 20.1 Å². The maximum Gasteiger partial charge on any atom is 0.286 e. The predicted octanol–water partition coefficient (Wildman–Crippen LogP) is 2.15. The van der Waals surface area contributed by atoms with Crippen LogP contribution in [0.5, 0.6) is 11.5 Å². The molecule has 1 amide bonds. The van der Waals surface area contributed by atoms with E-state index in [1.165, 1.54) is 26.4 Å². The highest BCUT2D eigenvalue weighted by Crippen LogP contribution is 2.34. The average Bonchev–Trinajstić information content (AvgIpc) is 2.59. The first-order valence-corrected chi connectivity index (χ1v) is 7.79. The molecular formula is C16H24ClN3O5. The summed E-state index contributed by atoms with van der Waals surface area (Å²) in [6.07, 6.45) is 1.89. The van der Waals surface area contributed by atoms with Crippen molar-refractivity contribution >= 4 is 24.0 Å². The molecule has 140 valence electrons. The molecule has 2 N–H and O–H groups in total. The van der Waals surface area contributed by atoms with Gasteiger partial charge in [0.2, 0.25) is 0 Å². The molecule has 0 atom stereocenters. The minimum absolute atomic E-state index is 0. The maximum absolute atomic E-state index is 12.5. The highest BCUT2D eigenvalue weighted by atomic mass is 35.5. The van der Waals surface area contributed by atoms with Gasteiger partial charge >= 0.3 is 0 Å². The largest absolute Gasteiger partial charge is 0.493 e. The third kappa shape index (κ3) is 4.96. The number of halogens is 1. The maximum atomic E-state index is 12.5. The van der Waals surface area contributed by atoms with E-state index < -0.39 is 10.8 Å². The molecule has 1 saturated heterocycles. The highest BCUT2D eigenvalue weighted by molar-refractivity contribution is 5.99. The van der Waals surface area contributed by atoms with E-state index in [1.807, 2.05) is 0 Å². The van der Waals surface area contributed by atoms with Crippen molar-refractivity contribution in [3.05, 3.63) is 27.8 Å². The van der Waals surface area contributed by atoms with Gasteiger partial charge in [-0.15, -0.1) is 12.4 Å². The number of nitro groups is 1. The Bertz CT molecular complexity index is 632. The van der Waals surface area contributed by atoms with Crippen molar-refractivity contribution in [3.63, 3.8) is 0 Å². The number of nitrogens with one attached hydrogen (secondary N) is 2. The number of ether oxygens (including phenoxy) is 2. The van der Waals surface area contributed by atoms with Gasteiger partial charge in [0.25, 0.3) is 11.6 Å². The Kier molecular flexibility index (Phi) is 7.44. The van der Waals surface area contributed by atoms with Crippen LogP contribution >= 0.6 is 12.4 Å². The summed E-state index contributed by atoms with van der Waals surface area (Å²) in [5.74, 6) is 0.00908. The van der Waals surface area contributed by atoms with Crippen LogP contribution in [0.2, 0.25) is 0 Å². The van der Waals surface area contributed by atoms with Crippen LogP contribution in [0.15, 0.2) is 12.1 Å². The molecule has 25 heavy (non-hydrogen) atoms. The summed E-state index contributed by atoms with van der Waals surface area (Å²) in [5, 5.41) is 17.4. The molecule has 1 fully saturated rings. The first-order valence-electron chi connectivity index (χ1n) is 7.79. The zero-order valence-electron chi connectivity index (χ0n) is 14.6. The number of nitro benzene ring substituents is 1. The molecule has 0 unspecified atom stereocenters. The van der Waals surface area contributed by atoms with Crippen LogP contribution in [0, 0.1) is 15.5 Å². The van der Waals surface area contributed by atoms with Crippen molar-refractivity contribution in [2.24, 2.45) is 5.41 Å². The average molecular weight is 374 g/mol. The van der Waals surface area contributed by atoms with Gasteiger partial charge in [-0.3, -0.25) is 14.9 Å². The number of carbonyl (C=O) groups is 1. The summed E-state index contributed by atoms with van der Waals surface area (Å²) in [4.78, 5) is 23.2. The lowest BCUT2D eigenvalue weighted by Gasteiger charge is -2.34. The van der Waals surface area contributed by atoms with Crippen molar-refractivity contribution in [2.45, 2.75) is 19.8 Å². The zero-order valence-corrected chi connectivity index (χ0v) is 15.4. The van der Waals surface area contributed by atoms with Crippen LogP contribution in [-0.2, 0) is 0 Å². The third-order valence-electron chi connectivity index (χ3n) is 4.43. The lowest BCUT2D eigenvalue weighted by molar-refractivity contribution is -0.385. The molecule has 0 saturated carbocycles. The molecule has 9 heteroatoms. The second kappa shape index (κ2) is 8.87. The number of carbonyl (C=O) groups excluding carboxylic acids is 1. The first-order chi connectivity index (χ1) is 11.4. The topological polar surface area (TPSA) is 103 Å². The summed E-state index contributed by atoms with van der Waals surface area (Å²) >= 11 is 0. The monoisotopic (exact) mass is 373 g/mol. The minimum Gasteiger partial charge on any atom is -0.493 e. The van der Waals surface area contributed by atoms with Gasteiger partial charge in [0.15, 0.2) is 11.5 Å². The van der Waals surface area contributed by atoms with Crippen molar-refractivity contribution in [3.8, 4) is 11.5 Å². The fourth-order valence-corrected chi connectivity index (χ4v) is 2.80. The van der Waals surface area contributed by atoms with Gasteiger partial charge in [0.05, 0.1) is 25.2 Å². The molecule has 0 aromatic heterocycles. The predicted molar refractivity (Wildman–Crippen MR) is 96.0 cm³/mol. The van der Waals surface area contributed by atoms with Gasteiger partial charge in [-0.25, -0.2) is 0 Å². The number of benzene rings is 1. The van der Waals surface area contributed by atoms with E-state index in [-0.39, 0.29) is 40.6 Å². The standard InChI is InChI=1S/C16H23N3O5.ClH/c1-16(4-6-17-7-5-16)10-18-15(20)11-8-13(23-2)14(24-3)9-12(11)19(21)22;/h8-9,17H,4-7,10H2,1-3H3,(H,18,20);1H. The zero-order chi connectivity index (χ0) is 17.7. The second-order valence-electron chi connectivity index (χ2n) is 6.22. The molecule has 1 aliphatic rings. The molecule has 0 bridgehead atoms. The van der Waals surface area contributed by atoms with Crippen molar-refractivity contribution in [2.75, 3.05) is 33.9 Å². The number of rotatable bonds is 6. The van der Waals surface area contributed by atoms with E-state index in [4.69, 9.17) is 9.47 Å². The van der Waals surface area contributed by atoms with Crippen molar-refractivity contribution in [1.29, 1.82) is 0 Å². The number of hydrogen-bond donors (Lipinski definition) is 2. The SMILES string of the molecule is COc1cc(C(=O)NCC2(C)CCNCC2)c([N+](=O)[O-])cc1OC.Cl. The highest BCUT2D eigenvalue weighted by Gasteiger charge is 2.29. The van der Waals surface area contributed by atoms with Crippen LogP contribution in [-0.4, -0.2) is 44.7 Å². The Morgan fingerprint density at radius 3 is 2.36 bits per heavy atom. The molecule has 1 heterocycles. The Morgan fingerprint density at radius 1 is 1.28 bits per heavy atom. The van der Waals surface area contributed by atoms with E-state index in [1.54, 1.807) is 0 Å². The number of methoxy groups -OCH3 is 2. The third-order valence-corrected chi connectivity index (χ3v) is 4.43. The summed E-state index contributed by atoms with van der Waals surface area (Å²) < 4.78 is 10.2. The molecule has 8 nitrogen and oxygen atoms in total. The normalized spacial score (nSPS) is 15.6. The molecule has 1 aliphatic heterocycles. The molecule has 2 rings (SSSR count). The smallest absolute Gasteiger partial charge is 0.286 e. The molecular weight excluding hydrogens is 350 g/mol. The quantitative estimate of drug-likeness (QED) is 0.585. The van der Waals surface area contributed by atoms with E-state index in [9.17, 15) is 14.9 Å². The van der Waals surface area contributed by atoms with Crippen LogP contribution in [0.25, 0.3) is 0 Å². The van der Waals surface area contributed by atoms with Gasteiger partial charge < -0.3 is 20.1 Å². The second-order valence-corrected chi connectivity index (χ2v) is 6.22. The number of piperidine rings is 1. The number of amides is 1. The van der Waals surface area contributed by atoms with Gasteiger partial charge in [0, 0.05) is 12.6 Å². The fraction of sp³-hybridized carbons (Fsp3) is 0.562. The van der Waals surface area contributed by atoms with Crippen LogP contribution in [0.3, 0.4) is 0 Å². The molecule has 0 spiro atoms. The summed E-state index contributed by atoms with van der Waals surface area (Å²) in [6.45, 7) is 4.39. The van der Waals surface area contributed by atoms with Gasteiger partial charge in [-0.2, -0.15) is 0 Å². The van der Waals surface area contributed by atoms with Crippen molar-refractivity contribution < 1.29 is 19.2 Å². The molecule has 1 aromatic carbocycles. The first kappa shape index (κ1) is 21.0. The number of hydrogen-bond acceptors (Lipinski definition) is 6. The van der Waals surface area contributed by atoms with Crippen LogP contribution in [0.4, 0.5) is 5.69 Å². The van der Waals surface area contributed by atoms with E-state index >= 15 is 0 Å². The summed E-state index contributed by atoms with van der Waals surface area (Å²) in [6, 6.07) is 2.55. The van der Waals surface area contributed by atoms with Gasteiger partial charge in [-0.1, -0.05) is 6.92 Å². The van der Waals surface area contributed by atoms with Gasteiger partial charge in [0.1, 0.15) is 5.56 Å². The van der Waals surface area contributed by atoms with Crippen molar-refractivity contribution in [1.82, 2.24) is 10.6 Å². The summed E-state index contributed by atoms with van der Waals surface area (Å²) in [5.41, 5.74) is -0.345. The molecule has 0 radical (unpaired) electrons. The lowest BCUT2D eigenvalue weighted by atomic mass is 9.81. The number of nitrogens with zero attached hydrogens (tertiary/aromatic N) is 1. The Labute approximate surface area is 152 Å². The van der Waals surface area contributed by atoms with E-state index in [0.29, 0.717) is 6.54 Å². The summed E-state index contributed by atoms with van der Waals surface area (Å²) in [7, 11) is 2.81.